The van der Waals surface area contributed by atoms with E-state index in [1.807, 2.05) is 0 Å². The van der Waals surface area contributed by atoms with Crippen LogP contribution >= 0.6 is 11.6 Å². The highest BCUT2D eigenvalue weighted by atomic mass is 35.5. The molecule has 0 amide bonds. The predicted molar refractivity (Wildman–Crippen MR) is 78.9 cm³/mol. The van der Waals surface area contributed by atoms with Crippen LogP contribution in [-0.2, 0) is 0 Å². The van der Waals surface area contributed by atoms with E-state index in [9.17, 15) is 0 Å². The molecule has 20 heavy (non-hydrogen) atoms. The molecule has 1 aromatic carbocycles. The largest absolute Gasteiger partial charge is 0.496 e. The summed E-state index contributed by atoms with van der Waals surface area (Å²) >= 11 is 6.13. The van der Waals surface area contributed by atoms with E-state index >= 15 is 0 Å². The zero-order valence-corrected chi connectivity index (χ0v) is 12.1. The summed E-state index contributed by atoms with van der Waals surface area (Å²) in [6.07, 6.45) is 6.62. The van der Waals surface area contributed by atoms with Gasteiger partial charge in [0, 0.05) is 12.1 Å². The summed E-state index contributed by atoms with van der Waals surface area (Å²) in [4.78, 5) is 0. The highest BCUT2D eigenvalue weighted by Gasteiger charge is 2.22. The van der Waals surface area contributed by atoms with E-state index in [1.165, 1.54) is 12.8 Å². The Morgan fingerprint density at radius 3 is 2.80 bits per heavy atom. The van der Waals surface area contributed by atoms with E-state index in [1.54, 1.807) is 25.6 Å². The van der Waals surface area contributed by atoms with E-state index in [4.69, 9.17) is 22.1 Å². The summed E-state index contributed by atoms with van der Waals surface area (Å²) < 4.78 is 7.53. The van der Waals surface area contributed by atoms with Crippen LogP contribution in [0.15, 0.2) is 18.5 Å². The van der Waals surface area contributed by atoms with Crippen molar-refractivity contribution in [3.05, 3.63) is 23.5 Å². The number of aromatic nitrogens is 3. The number of ether oxygens (including phenoxy) is 1. The molecule has 0 unspecified atom stereocenters. The SMILES string of the molecule is COc1cc(N)c(Cl)cc1-c1nncn1C1CCCC1. The first kappa shape index (κ1) is 13.2. The second kappa shape index (κ2) is 5.32. The van der Waals surface area contributed by atoms with Crippen LogP contribution in [0.4, 0.5) is 5.69 Å². The molecule has 0 bridgehead atoms. The summed E-state index contributed by atoms with van der Waals surface area (Å²) in [5.74, 6) is 1.45. The Morgan fingerprint density at radius 1 is 1.35 bits per heavy atom. The fraction of sp³-hybridized carbons (Fsp3) is 0.429. The van der Waals surface area contributed by atoms with Crippen LogP contribution in [0.1, 0.15) is 31.7 Å². The average Bonchev–Trinajstić information content (AvgIpc) is 3.10. The molecule has 106 valence electrons. The number of hydrogen-bond donors (Lipinski definition) is 1. The molecule has 0 atom stereocenters. The quantitative estimate of drug-likeness (QED) is 0.882. The molecule has 1 heterocycles. The molecule has 0 aliphatic heterocycles. The number of nitrogens with zero attached hydrogens (tertiary/aromatic N) is 3. The van der Waals surface area contributed by atoms with Gasteiger partial charge in [-0.1, -0.05) is 24.4 Å². The minimum atomic E-state index is 0.459. The van der Waals surface area contributed by atoms with Gasteiger partial charge in [-0.05, 0) is 18.9 Å². The van der Waals surface area contributed by atoms with Gasteiger partial charge in [-0.25, -0.2) is 0 Å². The van der Waals surface area contributed by atoms with Crippen LogP contribution in [0.2, 0.25) is 5.02 Å². The third kappa shape index (κ3) is 2.22. The molecule has 2 N–H and O–H groups in total. The zero-order valence-electron chi connectivity index (χ0n) is 11.3. The van der Waals surface area contributed by atoms with Gasteiger partial charge >= 0.3 is 0 Å². The minimum Gasteiger partial charge on any atom is -0.496 e. The lowest BCUT2D eigenvalue weighted by Gasteiger charge is -2.16. The van der Waals surface area contributed by atoms with Gasteiger partial charge in [0.25, 0.3) is 0 Å². The summed E-state index contributed by atoms with van der Waals surface area (Å²) in [5.41, 5.74) is 7.15. The van der Waals surface area contributed by atoms with E-state index in [0.29, 0.717) is 22.5 Å². The van der Waals surface area contributed by atoms with Crippen LogP contribution in [0, 0.1) is 0 Å². The first-order chi connectivity index (χ1) is 9.70. The van der Waals surface area contributed by atoms with Crippen molar-refractivity contribution in [2.45, 2.75) is 31.7 Å². The van der Waals surface area contributed by atoms with E-state index in [-0.39, 0.29) is 0 Å². The van der Waals surface area contributed by atoms with Crippen molar-refractivity contribution in [3.63, 3.8) is 0 Å². The lowest BCUT2D eigenvalue weighted by Crippen LogP contribution is -2.06. The van der Waals surface area contributed by atoms with Gasteiger partial charge in [0.2, 0.25) is 0 Å². The molecule has 5 nitrogen and oxygen atoms in total. The fourth-order valence-corrected chi connectivity index (χ4v) is 2.96. The van der Waals surface area contributed by atoms with Crippen molar-refractivity contribution >= 4 is 17.3 Å². The average molecular weight is 293 g/mol. The van der Waals surface area contributed by atoms with Crippen LogP contribution in [-0.4, -0.2) is 21.9 Å². The van der Waals surface area contributed by atoms with Crippen LogP contribution < -0.4 is 10.5 Å². The van der Waals surface area contributed by atoms with Gasteiger partial charge in [-0.3, -0.25) is 0 Å². The Labute approximate surface area is 122 Å². The molecule has 1 aromatic heterocycles. The molecular formula is C14H17ClN4O. The van der Waals surface area contributed by atoms with Gasteiger partial charge in [0.05, 0.1) is 23.4 Å². The lowest BCUT2D eigenvalue weighted by atomic mass is 10.1. The number of methoxy groups -OCH3 is 1. The topological polar surface area (TPSA) is 66.0 Å². The molecular weight excluding hydrogens is 276 g/mol. The summed E-state index contributed by atoms with van der Waals surface area (Å²) in [5, 5.41) is 8.80. The van der Waals surface area contributed by atoms with Crippen molar-refractivity contribution in [2.75, 3.05) is 12.8 Å². The lowest BCUT2D eigenvalue weighted by molar-refractivity contribution is 0.415. The third-order valence-corrected chi connectivity index (χ3v) is 4.18. The number of halogens is 1. The second-order valence-electron chi connectivity index (χ2n) is 5.07. The normalized spacial score (nSPS) is 15.7. The Bertz CT molecular complexity index is 620. The molecule has 1 saturated carbocycles. The van der Waals surface area contributed by atoms with E-state index in [2.05, 4.69) is 14.8 Å². The Kier molecular flexibility index (Phi) is 3.53. The highest BCUT2D eigenvalue weighted by molar-refractivity contribution is 6.33. The molecule has 1 aliphatic rings. The van der Waals surface area contributed by atoms with Crippen molar-refractivity contribution in [3.8, 4) is 17.1 Å². The fourth-order valence-electron chi connectivity index (χ4n) is 2.80. The summed E-state index contributed by atoms with van der Waals surface area (Å²) in [6, 6.07) is 3.98. The monoisotopic (exact) mass is 292 g/mol. The van der Waals surface area contributed by atoms with Crippen LogP contribution in [0.25, 0.3) is 11.4 Å². The van der Waals surface area contributed by atoms with Crippen molar-refractivity contribution < 1.29 is 4.74 Å². The number of hydrogen-bond acceptors (Lipinski definition) is 4. The number of nitrogens with two attached hydrogens (primary N) is 1. The van der Waals surface area contributed by atoms with Gasteiger partial charge in [-0.15, -0.1) is 10.2 Å². The number of anilines is 1. The van der Waals surface area contributed by atoms with Gasteiger partial charge in [0.1, 0.15) is 12.1 Å². The number of nitrogen functional groups attached to an aromatic ring is 1. The second-order valence-corrected chi connectivity index (χ2v) is 5.48. The first-order valence-electron chi connectivity index (χ1n) is 6.73. The molecule has 1 aliphatic carbocycles. The Morgan fingerprint density at radius 2 is 2.10 bits per heavy atom. The molecule has 0 saturated heterocycles. The van der Waals surface area contributed by atoms with E-state index in [0.717, 1.165) is 24.2 Å². The Hall–Kier alpha value is -1.75. The summed E-state index contributed by atoms with van der Waals surface area (Å²) in [7, 11) is 1.61. The maximum absolute atomic E-state index is 6.13. The maximum atomic E-state index is 6.13. The molecule has 2 aromatic rings. The maximum Gasteiger partial charge on any atom is 0.167 e. The molecule has 6 heteroatoms. The van der Waals surface area contributed by atoms with Crippen LogP contribution in [0.3, 0.4) is 0 Å². The van der Waals surface area contributed by atoms with Crippen molar-refractivity contribution in [1.82, 2.24) is 14.8 Å². The standard InChI is InChI=1S/C14H17ClN4O/c1-20-13-7-12(16)11(15)6-10(13)14-18-17-8-19(14)9-4-2-3-5-9/h6-9H,2-5,16H2,1H3. The highest BCUT2D eigenvalue weighted by Crippen LogP contribution is 2.38. The van der Waals surface area contributed by atoms with Gasteiger partial charge < -0.3 is 15.0 Å². The molecule has 0 radical (unpaired) electrons. The van der Waals surface area contributed by atoms with Gasteiger partial charge in [0.15, 0.2) is 5.82 Å². The summed E-state index contributed by atoms with van der Waals surface area (Å²) in [6.45, 7) is 0. The number of benzene rings is 1. The smallest absolute Gasteiger partial charge is 0.167 e. The van der Waals surface area contributed by atoms with Crippen molar-refractivity contribution in [1.29, 1.82) is 0 Å². The molecule has 1 fully saturated rings. The molecule has 0 spiro atoms. The number of rotatable bonds is 3. The van der Waals surface area contributed by atoms with E-state index < -0.39 is 0 Å². The molecule has 3 rings (SSSR count). The minimum absolute atomic E-state index is 0.459. The Balaban J connectivity index is 2.09. The first-order valence-corrected chi connectivity index (χ1v) is 7.11. The predicted octanol–water partition coefficient (Wildman–Crippen LogP) is 3.30. The third-order valence-electron chi connectivity index (χ3n) is 3.85. The zero-order chi connectivity index (χ0) is 14.1. The van der Waals surface area contributed by atoms with Gasteiger partial charge in [-0.2, -0.15) is 0 Å². The van der Waals surface area contributed by atoms with Crippen LogP contribution in [0.5, 0.6) is 5.75 Å². The van der Waals surface area contributed by atoms with Crippen molar-refractivity contribution in [2.24, 2.45) is 0 Å².